The molecule has 1 saturated carbocycles. The molecule has 0 unspecified atom stereocenters. The van der Waals surface area contributed by atoms with Crippen molar-refractivity contribution < 1.29 is 9.47 Å². The molecular weight excluding hydrogens is 290 g/mol. The van der Waals surface area contributed by atoms with Gasteiger partial charge in [0.15, 0.2) is 5.96 Å². The van der Waals surface area contributed by atoms with E-state index in [2.05, 4.69) is 22.5 Å². The molecule has 0 radical (unpaired) electrons. The third-order valence-corrected chi connectivity index (χ3v) is 3.75. The van der Waals surface area contributed by atoms with Crippen LogP contribution in [0, 0.1) is 5.92 Å². The van der Waals surface area contributed by atoms with Crippen molar-refractivity contribution in [2.24, 2.45) is 10.9 Å². The van der Waals surface area contributed by atoms with Gasteiger partial charge in [0.2, 0.25) is 0 Å². The van der Waals surface area contributed by atoms with Crippen LogP contribution < -0.4 is 15.4 Å². The molecular formula is C18H29N3O2. The number of guanidine groups is 1. The maximum absolute atomic E-state index is 5.64. The Morgan fingerprint density at radius 2 is 2.09 bits per heavy atom. The van der Waals surface area contributed by atoms with Gasteiger partial charge in [0.25, 0.3) is 0 Å². The van der Waals surface area contributed by atoms with Crippen molar-refractivity contribution in [3.63, 3.8) is 0 Å². The Labute approximate surface area is 139 Å². The van der Waals surface area contributed by atoms with E-state index in [1.165, 1.54) is 12.8 Å². The van der Waals surface area contributed by atoms with Gasteiger partial charge < -0.3 is 20.1 Å². The lowest BCUT2D eigenvalue weighted by Gasteiger charge is -2.12. The number of nitrogens with one attached hydrogen (secondary N) is 2. The van der Waals surface area contributed by atoms with Crippen molar-refractivity contribution >= 4 is 5.96 Å². The van der Waals surface area contributed by atoms with Crippen LogP contribution in [0.25, 0.3) is 0 Å². The van der Waals surface area contributed by atoms with Gasteiger partial charge in [0.1, 0.15) is 5.75 Å². The van der Waals surface area contributed by atoms with Crippen LogP contribution in [0.15, 0.2) is 29.3 Å². The van der Waals surface area contributed by atoms with Crippen LogP contribution in [0.4, 0.5) is 0 Å². The highest BCUT2D eigenvalue weighted by Crippen LogP contribution is 2.28. The summed E-state index contributed by atoms with van der Waals surface area (Å²) in [4.78, 5) is 4.62. The fourth-order valence-corrected chi connectivity index (χ4v) is 2.26. The summed E-state index contributed by atoms with van der Waals surface area (Å²) < 4.78 is 11.0. The Kier molecular flexibility index (Phi) is 7.73. The molecule has 0 spiro atoms. The van der Waals surface area contributed by atoms with Crippen LogP contribution in [0.5, 0.6) is 5.75 Å². The van der Waals surface area contributed by atoms with Crippen molar-refractivity contribution in [1.29, 1.82) is 0 Å². The molecule has 1 aromatic rings. The molecule has 1 fully saturated rings. The maximum Gasteiger partial charge on any atom is 0.191 e. The predicted octanol–water partition coefficient (Wildman–Crippen LogP) is 2.57. The third kappa shape index (κ3) is 6.91. The molecule has 5 heteroatoms. The Bertz CT molecular complexity index is 487. The van der Waals surface area contributed by atoms with Crippen LogP contribution in [-0.2, 0) is 11.3 Å². The Morgan fingerprint density at radius 3 is 2.83 bits per heavy atom. The summed E-state index contributed by atoms with van der Waals surface area (Å²) in [6.45, 7) is 6.12. The zero-order valence-electron chi connectivity index (χ0n) is 14.3. The topological polar surface area (TPSA) is 54.9 Å². The lowest BCUT2D eigenvalue weighted by Crippen LogP contribution is -2.38. The van der Waals surface area contributed by atoms with Gasteiger partial charge >= 0.3 is 0 Å². The van der Waals surface area contributed by atoms with Crippen molar-refractivity contribution in [1.82, 2.24) is 10.6 Å². The number of para-hydroxylation sites is 1. The predicted molar refractivity (Wildman–Crippen MR) is 94.0 cm³/mol. The molecule has 1 aromatic carbocycles. The van der Waals surface area contributed by atoms with Crippen molar-refractivity contribution in [3.8, 4) is 5.75 Å². The van der Waals surface area contributed by atoms with Crippen molar-refractivity contribution in [2.45, 2.75) is 32.7 Å². The lowest BCUT2D eigenvalue weighted by molar-refractivity contribution is 0.123. The summed E-state index contributed by atoms with van der Waals surface area (Å²) in [6.07, 6.45) is 3.68. The SMILES string of the molecule is CCNC(=NCc1ccccc1OC)NCCCOCC1CC1. The molecule has 1 aliphatic carbocycles. The molecule has 2 N–H and O–H groups in total. The van der Waals surface area contributed by atoms with Gasteiger partial charge in [-0.2, -0.15) is 0 Å². The van der Waals surface area contributed by atoms with Gasteiger partial charge in [-0.15, -0.1) is 0 Å². The fourth-order valence-electron chi connectivity index (χ4n) is 2.26. The number of rotatable bonds is 10. The van der Waals surface area contributed by atoms with E-state index in [4.69, 9.17) is 9.47 Å². The monoisotopic (exact) mass is 319 g/mol. The standard InChI is InChI=1S/C18H29N3O2/c1-3-19-18(20-11-6-12-23-14-15-9-10-15)21-13-16-7-4-5-8-17(16)22-2/h4-5,7-8,15H,3,6,9-14H2,1-2H3,(H2,19,20,21). The molecule has 0 heterocycles. The zero-order chi connectivity index (χ0) is 16.3. The molecule has 0 aliphatic heterocycles. The van der Waals surface area contributed by atoms with E-state index in [-0.39, 0.29) is 0 Å². The van der Waals surface area contributed by atoms with Gasteiger partial charge in [-0.25, -0.2) is 4.99 Å². The van der Waals surface area contributed by atoms with Crippen LogP contribution in [0.3, 0.4) is 0 Å². The summed E-state index contributed by atoms with van der Waals surface area (Å²) in [7, 11) is 1.69. The third-order valence-electron chi connectivity index (χ3n) is 3.75. The highest BCUT2D eigenvalue weighted by Gasteiger charge is 2.20. The van der Waals surface area contributed by atoms with E-state index in [1.807, 2.05) is 24.3 Å². The molecule has 0 amide bonds. The Hall–Kier alpha value is -1.75. The van der Waals surface area contributed by atoms with Gasteiger partial charge in [-0.3, -0.25) is 0 Å². The first kappa shape index (κ1) is 17.6. The summed E-state index contributed by atoms with van der Waals surface area (Å²) in [6, 6.07) is 7.97. The molecule has 0 aromatic heterocycles. The normalized spacial score (nSPS) is 14.6. The van der Waals surface area contributed by atoms with Gasteiger partial charge in [0, 0.05) is 31.9 Å². The summed E-state index contributed by atoms with van der Waals surface area (Å²) in [5.41, 5.74) is 1.08. The van der Waals surface area contributed by atoms with E-state index < -0.39 is 0 Å². The van der Waals surface area contributed by atoms with E-state index in [0.717, 1.165) is 55.9 Å². The molecule has 128 valence electrons. The number of hydrogen-bond acceptors (Lipinski definition) is 3. The average Bonchev–Trinajstić information content (AvgIpc) is 3.40. The molecule has 0 saturated heterocycles. The molecule has 0 atom stereocenters. The number of nitrogens with zero attached hydrogens (tertiary/aromatic N) is 1. The van der Waals surface area contributed by atoms with Crippen LogP contribution in [-0.4, -0.2) is 39.4 Å². The molecule has 0 bridgehead atoms. The first-order valence-corrected chi connectivity index (χ1v) is 8.55. The fraction of sp³-hybridized carbons (Fsp3) is 0.611. The number of methoxy groups -OCH3 is 1. The second-order valence-corrected chi connectivity index (χ2v) is 5.81. The van der Waals surface area contributed by atoms with Crippen LogP contribution in [0.1, 0.15) is 31.7 Å². The number of benzene rings is 1. The van der Waals surface area contributed by atoms with Gasteiger partial charge in [0.05, 0.1) is 13.7 Å². The summed E-state index contributed by atoms with van der Waals surface area (Å²) >= 11 is 0. The summed E-state index contributed by atoms with van der Waals surface area (Å²) in [5, 5.41) is 6.62. The molecule has 23 heavy (non-hydrogen) atoms. The van der Waals surface area contributed by atoms with E-state index in [1.54, 1.807) is 7.11 Å². The van der Waals surface area contributed by atoms with Gasteiger partial charge in [-0.1, -0.05) is 18.2 Å². The van der Waals surface area contributed by atoms with Crippen molar-refractivity contribution in [3.05, 3.63) is 29.8 Å². The summed E-state index contributed by atoms with van der Waals surface area (Å²) in [5.74, 6) is 2.55. The lowest BCUT2D eigenvalue weighted by atomic mass is 10.2. The van der Waals surface area contributed by atoms with Crippen LogP contribution in [0.2, 0.25) is 0 Å². The molecule has 2 rings (SSSR count). The minimum absolute atomic E-state index is 0.595. The average molecular weight is 319 g/mol. The van der Waals surface area contributed by atoms with E-state index in [9.17, 15) is 0 Å². The highest BCUT2D eigenvalue weighted by molar-refractivity contribution is 5.79. The minimum Gasteiger partial charge on any atom is -0.496 e. The van der Waals surface area contributed by atoms with Crippen LogP contribution >= 0.6 is 0 Å². The quantitative estimate of drug-likeness (QED) is 0.395. The minimum atomic E-state index is 0.595. The smallest absolute Gasteiger partial charge is 0.191 e. The van der Waals surface area contributed by atoms with E-state index in [0.29, 0.717) is 6.54 Å². The number of aliphatic imine (C=N–C) groups is 1. The van der Waals surface area contributed by atoms with E-state index >= 15 is 0 Å². The first-order chi connectivity index (χ1) is 11.3. The number of ether oxygens (including phenoxy) is 2. The Balaban J connectivity index is 1.72. The molecule has 5 nitrogen and oxygen atoms in total. The Morgan fingerprint density at radius 1 is 1.26 bits per heavy atom. The van der Waals surface area contributed by atoms with Crippen molar-refractivity contribution in [2.75, 3.05) is 33.4 Å². The second kappa shape index (κ2) is 10.1. The zero-order valence-corrected chi connectivity index (χ0v) is 14.3. The highest BCUT2D eigenvalue weighted by atomic mass is 16.5. The number of hydrogen-bond donors (Lipinski definition) is 2. The van der Waals surface area contributed by atoms with Gasteiger partial charge in [-0.05, 0) is 38.2 Å². The second-order valence-electron chi connectivity index (χ2n) is 5.81. The largest absolute Gasteiger partial charge is 0.496 e. The maximum atomic E-state index is 5.64. The molecule has 1 aliphatic rings. The first-order valence-electron chi connectivity index (χ1n) is 8.55.